The molecule has 1 aromatic heterocycles. The van der Waals surface area contributed by atoms with E-state index >= 15 is 0 Å². The Morgan fingerprint density at radius 1 is 1.56 bits per heavy atom. The van der Waals surface area contributed by atoms with Gasteiger partial charge in [0.1, 0.15) is 0 Å². The molecule has 1 fully saturated rings. The van der Waals surface area contributed by atoms with Crippen molar-refractivity contribution in [2.45, 2.75) is 25.6 Å². The summed E-state index contributed by atoms with van der Waals surface area (Å²) in [4.78, 5) is 10.6. The lowest BCUT2D eigenvalue weighted by molar-refractivity contribution is -0.144. The molecule has 0 amide bonds. The lowest BCUT2D eigenvalue weighted by atomic mass is 10.3. The number of nitrogens with zero attached hydrogens (tertiary/aromatic N) is 3. The van der Waals surface area contributed by atoms with Crippen molar-refractivity contribution < 1.29 is 23.1 Å². The lowest BCUT2D eigenvalue weighted by Gasteiger charge is -2.09. The van der Waals surface area contributed by atoms with Gasteiger partial charge < -0.3 is 5.11 Å². The number of hydrogen-bond donors (Lipinski definition) is 1. The smallest absolute Gasteiger partial charge is 0.435 e. The van der Waals surface area contributed by atoms with Gasteiger partial charge in [-0.1, -0.05) is 12.1 Å². The van der Waals surface area contributed by atoms with Gasteiger partial charge in [0.05, 0.1) is 6.04 Å². The van der Waals surface area contributed by atoms with Gasteiger partial charge in [0.15, 0.2) is 5.69 Å². The fourth-order valence-corrected chi connectivity index (χ4v) is 1.58. The average molecular weight is 235 g/mol. The van der Waals surface area contributed by atoms with E-state index in [0.717, 1.165) is 0 Å². The van der Waals surface area contributed by atoms with Crippen LogP contribution < -0.4 is 0 Å². The highest BCUT2D eigenvalue weighted by Crippen LogP contribution is 2.45. The van der Waals surface area contributed by atoms with Crippen LogP contribution in [-0.4, -0.2) is 26.1 Å². The van der Waals surface area contributed by atoms with Crippen LogP contribution in [0, 0.1) is 5.92 Å². The van der Waals surface area contributed by atoms with Crippen LogP contribution in [-0.2, 0) is 6.18 Å². The average Bonchev–Trinajstić information content (AvgIpc) is 2.70. The quantitative estimate of drug-likeness (QED) is 0.844. The molecule has 8 heteroatoms. The van der Waals surface area contributed by atoms with Gasteiger partial charge in [-0.05, 0) is 12.3 Å². The number of carboxylic acids is 1. The summed E-state index contributed by atoms with van der Waals surface area (Å²) < 4.78 is 38.6. The molecule has 1 aliphatic carbocycles. The fraction of sp³-hybridized carbons (Fsp3) is 0.625. The Bertz CT molecular complexity index is 440. The van der Waals surface area contributed by atoms with Crippen molar-refractivity contribution >= 4 is 5.97 Å². The van der Waals surface area contributed by atoms with Crippen molar-refractivity contribution in [2.24, 2.45) is 5.92 Å². The molecule has 0 aliphatic heterocycles. The summed E-state index contributed by atoms with van der Waals surface area (Å²) in [6.07, 6.45) is -4.19. The van der Waals surface area contributed by atoms with E-state index in [2.05, 4.69) is 10.3 Å². The minimum Gasteiger partial charge on any atom is -0.476 e. The lowest BCUT2D eigenvalue weighted by Crippen LogP contribution is -2.18. The molecule has 16 heavy (non-hydrogen) atoms. The predicted octanol–water partition coefficient (Wildman–Crippen LogP) is 1.58. The summed E-state index contributed by atoms with van der Waals surface area (Å²) in [6.45, 7) is 1.77. The van der Waals surface area contributed by atoms with E-state index in [4.69, 9.17) is 5.11 Å². The zero-order valence-corrected chi connectivity index (χ0v) is 8.19. The SMILES string of the molecule is CC1CC1n1nnc(C(=O)O)c1C(F)(F)F. The molecule has 88 valence electrons. The number of hydrogen-bond acceptors (Lipinski definition) is 3. The zero-order valence-electron chi connectivity index (χ0n) is 8.19. The van der Waals surface area contributed by atoms with Gasteiger partial charge in [-0.3, -0.25) is 0 Å². The third-order valence-corrected chi connectivity index (χ3v) is 2.55. The number of rotatable bonds is 2. The second-order valence-corrected chi connectivity index (χ2v) is 3.81. The maximum absolute atomic E-state index is 12.7. The topological polar surface area (TPSA) is 68.0 Å². The van der Waals surface area contributed by atoms with E-state index < -0.39 is 29.6 Å². The Morgan fingerprint density at radius 2 is 2.12 bits per heavy atom. The molecule has 0 bridgehead atoms. The van der Waals surface area contributed by atoms with Crippen molar-refractivity contribution in [1.82, 2.24) is 15.0 Å². The summed E-state index contributed by atoms with van der Waals surface area (Å²) >= 11 is 0. The van der Waals surface area contributed by atoms with Crippen LogP contribution in [0.25, 0.3) is 0 Å². The van der Waals surface area contributed by atoms with Crippen LogP contribution in [0.3, 0.4) is 0 Å². The zero-order chi connectivity index (χ0) is 12.1. The molecule has 0 radical (unpaired) electrons. The van der Waals surface area contributed by atoms with Crippen molar-refractivity contribution in [1.29, 1.82) is 0 Å². The van der Waals surface area contributed by atoms with Gasteiger partial charge in [-0.25, -0.2) is 9.48 Å². The van der Waals surface area contributed by atoms with E-state index in [1.165, 1.54) is 0 Å². The largest absolute Gasteiger partial charge is 0.476 e. The first kappa shape index (κ1) is 10.9. The van der Waals surface area contributed by atoms with Crippen molar-refractivity contribution in [3.8, 4) is 0 Å². The van der Waals surface area contributed by atoms with Gasteiger partial charge in [0.2, 0.25) is 5.69 Å². The Labute approximate surface area is 87.9 Å². The molecule has 2 atom stereocenters. The second kappa shape index (κ2) is 3.19. The molecule has 1 aliphatic rings. The van der Waals surface area contributed by atoms with Crippen molar-refractivity contribution in [2.75, 3.05) is 0 Å². The van der Waals surface area contributed by atoms with Gasteiger partial charge in [-0.2, -0.15) is 13.2 Å². The van der Waals surface area contributed by atoms with Crippen LogP contribution in [0.5, 0.6) is 0 Å². The molecule has 1 aromatic rings. The van der Waals surface area contributed by atoms with E-state index in [-0.39, 0.29) is 5.92 Å². The van der Waals surface area contributed by atoms with E-state index in [1.54, 1.807) is 6.92 Å². The van der Waals surface area contributed by atoms with Crippen LogP contribution in [0.4, 0.5) is 13.2 Å². The van der Waals surface area contributed by atoms with E-state index in [1.807, 2.05) is 0 Å². The van der Waals surface area contributed by atoms with Crippen LogP contribution in [0.2, 0.25) is 0 Å². The monoisotopic (exact) mass is 235 g/mol. The van der Waals surface area contributed by atoms with Crippen LogP contribution in [0.1, 0.15) is 35.6 Å². The Hall–Kier alpha value is -1.60. The summed E-state index contributed by atoms with van der Waals surface area (Å²) in [5.41, 5.74) is -2.30. The number of halogens is 3. The molecule has 1 saturated carbocycles. The third kappa shape index (κ3) is 1.63. The molecular formula is C8H8F3N3O2. The Balaban J connectivity index is 2.50. The fourth-order valence-electron chi connectivity index (χ4n) is 1.58. The highest BCUT2D eigenvalue weighted by Gasteiger charge is 2.47. The van der Waals surface area contributed by atoms with Gasteiger partial charge >= 0.3 is 12.1 Å². The number of alkyl halides is 3. The third-order valence-electron chi connectivity index (χ3n) is 2.55. The van der Waals surface area contributed by atoms with Crippen LogP contribution in [0.15, 0.2) is 0 Å². The number of carboxylic acid groups (broad SMARTS) is 1. The number of aromatic carboxylic acids is 1. The minimum absolute atomic E-state index is 0.0736. The molecule has 1 heterocycles. The molecular weight excluding hydrogens is 227 g/mol. The standard InChI is InChI=1S/C8H8F3N3O2/c1-3-2-4(3)14-6(8(9,10)11)5(7(15)16)12-13-14/h3-4H,2H2,1H3,(H,15,16). The van der Waals surface area contributed by atoms with Gasteiger partial charge in [0.25, 0.3) is 0 Å². The molecule has 0 spiro atoms. The van der Waals surface area contributed by atoms with Crippen molar-refractivity contribution in [3.63, 3.8) is 0 Å². The maximum Gasteiger partial charge on any atom is 0.435 e. The maximum atomic E-state index is 12.7. The number of carbonyl (C=O) groups is 1. The highest BCUT2D eigenvalue weighted by molar-refractivity contribution is 5.86. The predicted molar refractivity (Wildman–Crippen MR) is 44.8 cm³/mol. The summed E-state index contributed by atoms with van der Waals surface area (Å²) in [7, 11) is 0. The molecule has 0 aromatic carbocycles. The first-order valence-electron chi connectivity index (χ1n) is 4.58. The van der Waals surface area contributed by atoms with Crippen LogP contribution >= 0.6 is 0 Å². The van der Waals surface area contributed by atoms with E-state index in [0.29, 0.717) is 11.1 Å². The highest BCUT2D eigenvalue weighted by atomic mass is 19.4. The minimum atomic E-state index is -4.75. The number of aromatic nitrogens is 3. The van der Waals surface area contributed by atoms with Crippen molar-refractivity contribution in [3.05, 3.63) is 11.4 Å². The molecule has 0 saturated heterocycles. The molecule has 2 rings (SSSR count). The molecule has 5 nitrogen and oxygen atoms in total. The normalized spacial score (nSPS) is 24.5. The summed E-state index contributed by atoms with van der Waals surface area (Å²) in [5.74, 6) is -1.64. The van der Waals surface area contributed by atoms with Gasteiger partial charge in [-0.15, -0.1) is 5.10 Å². The Kier molecular flexibility index (Phi) is 2.18. The first-order chi connectivity index (χ1) is 7.32. The summed E-state index contributed by atoms with van der Waals surface area (Å²) in [5, 5.41) is 14.9. The van der Waals surface area contributed by atoms with E-state index in [9.17, 15) is 18.0 Å². The molecule has 1 N–H and O–H groups in total. The second-order valence-electron chi connectivity index (χ2n) is 3.81. The summed E-state index contributed by atoms with van der Waals surface area (Å²) in [6, 6.07) is -0.391. The first-order valence-corrected chi connectivity index (χ1v) is 4.58. The van der Waals surface area contributed by atoms with Gasteiger partial charge in [0, 0.05) is 0 Å². The molecule has 2 unspecified atom stereocenters. The Morgan fingerprint density at radius 3 is 2.50 bits per heavy atom.